The molecule has 4 nitrogen and oxygen atoms in total. The molecular weight excluding hydrogens is 460 g/mol. The van der Waals surface area contributed by atoms with Gasteiger partial charge in [-0.3, -0.25) is 0 Å². The summed E-state index contributed by atoms with van der Waals surface area (Å²) in [7, 11) is 0. The molecular formula is C33H32O4. The van der Waals surface area contributed by atoms with Gasteiger partial charge >= 0.3 is 0 Å². The van der Waals surface area contributed by atoms with Crippen molar-refractivity contribution in [3.63, 3.8) is 0 Å². The number of ether oxygens (including phenoxy) is 3. The Hall–Kier alpha value is -3.57. The Bertz CT molecular complexity index is 1130. The summed E-state index contributed by atoms with van der Waals surface area (Å²) < 4.78 is 19.4. The second-order valence-electron chi connectivity index (χ2n) is 9.31. The van der Waals surface area contributed by atoms with Crippen LogP contribution in [0.2, 0.25) is 0 Å². The maximum atomic E-state index is 11.3. The highest BCUT2D eigenvalue weighted by atomic mass is 16.7. The van der Waals surface area contributed by atoms with E-state index in [-0.39, 0.29) is 12.2 Å². The molecule has 1 aliphatic heterocycles. The van der Waals surface area contributed by atoms with Gasteiger partial charge in [-0.15, -0.1) is 0 Å². The molecule has 0 amide bonds. The highest BCUT2D eigenvalue weighted by Crippen LogP contribution is 2.41. The molecule has 1 saturated heterocycles. The van der Waals surface area contributed by atoms with Crippen LogP contribution in [0.1, 0.15) is 47.8 Å². The summed E-state index contributed by atoms with van der Waals surface area (Å²) in [5.74, 6) is 0. The van der Waals surface area contributed by atoms with E-state index in [1.54, 1.807) is 0 Å². The maximum Gasteiger partial charge on any atom is 0.184 e. The number of hydrogen-bond acceptors (Lipinski definition) is 4. The molecule has 0 radical (unpaired) electrons. The molecule has 5 rings (SSSR count). The van der Waals surface area contributed by atoms with E-state index in [2.05, 4.69) is 72.8 Å². The predicted octanol–water partition coefficient (Wildman–Crippen LogP) is 6.85. The lowest BCUT2D eigenvalue weighted by molar-refractivity contribution is -0.250. The number of hydrogen-bond donors (Lipinski definition) is 0. The molecule has 4 heteroatoms. The topological polar surface area (TPSA) is 44.8 Å². The lowest BCUT2D eigenvalue weighted by Crippen LogP contribution is -2.37. The SMILES string of the molecule is O=CC[C@@H]1C[C@H](CCOC(c2ccccc2)(c2ccccc2)c2ccccc2)O[C@H](c2ccccc2)O1. The standard InChI is InChI=1S/C33H32O4/c34-23-21-30-25-31(37-32(36-30)26-13-5-1-6-14-26)22-24-35-33(27-15-7-2-8-16-27,28-17-9-3-10-18-28)29-19-11-4-12-20-29/h1-20,23,30-32H,21-22,24-25H2/t30-,31+,32-/m1/s1. The third-order valence-electron chi connectivity index (χ3n) is 6.89. The Morgan fingerprint density at radius 1 is 0.676 bits per heavy atom. The Labute approximate surface area is 218 Å². The van der Waals surface area contributed by atoms with Crippen LogP contribution < -0.4 is 0 Å². The Kier molecular flexibility index (Phi) is 8.21. The largest absolute Gasteiger partial charge is 0.361 e. The quantitative estimate of drug-likeness (QED) is 0.179. The van der Waals surface area contributed by atoms with Gasteiger partial charge in [0.25, 0.3) is 0 Å². The minimum Gasteiger partial charge on any atom is -0.361 e. The van der Waals surface area contributed by atoms with Crippen molar-refractivity contribution in [2.24, 2.45) is 0 Å². The van der Waals surface area contributed by atoms with Crippen molar-refractivity contribution in [3.05, 3.63) is 144 Å². The van der Waals surface area contributed by atoms with E-state index >= 15 is 0 Å². The van der Waals surface area contributed by atoms with E-state index < -0.39 is 11.9 Å². The number of carbonyl (C=O) groups is 1. The van der Waals surface area contributed by atoms with Gasteiger partial charge < -0.3 is 19.0 Å². The fourth-order valence-corrected chi connectivity index (χ4v) is 5.11. The zero-order valence-corrected chi connectivity index (χ0v) is 20.8. The zero-order valence-electron chi connectivity index (χ0n) is 20.8. The van der Waals surface area contributed by atoms with Crippen molar-refractivity contribution < 1.29 is 19.0 Å². The van der Waals surface area contributed by atoms with E-state index in [9.17, 15) is 4.79 Å². The van der Waals surface area contributed by atoms with Crippen LogP contribution in [0.5, 0.6) is 0 Å². The molecule has 0 N–H and O–H groups in total. The molecule has 0 saturated carbocycles. The summed E-state index contributed by atoms with van der Waals surface area (Å²) >= 11 is 0. The van der Waals surface area contributed by atoms with E-state index in [0.717, 1.165) is 28.5 Å². The highest BCUT2D eigenvalue weighted by Gasteiger charge is 2.38. The summed E-state index contributed by atoms with van der Waals surface area (Å²) in [4.78, 5) is 11.3. The van der Waals surface area contributed by atoms with Gasteiger partial charge in [0.1, 0.15) is 11.9 Å². The van der Waals surface area contributed by atoms with Gasteiger partial charge in [-0.1, -0.05) is 121 Å². The van der Waals surface area contributed by atoms with Crippen molar-refractivity contribution in [2.45, 2.75) is 43.4 Å². The molecule has 4 aromatic carbocycles. The van der Waals surface area contributed by atoms with Gasteiger partial charge in [-0.25, -0.2) is 0 Å². The van der Waals surface area contributed by atoms with Gasteiger partial charge in [-0.05, 0) is 23.1 Å². The number of benzene rings is 4. The molecule has 0 spiro atoms. The van der Waals surface area contributed by atoms with Gasteiger partial charge in [0, 0.05) is 18.4 Å². The van der Waals surface area contributed by atoms with Crippen LogP contribution in [0.3, 0.4) is 0 Å². The third kappa shape index (κ3) is 5.72. The van der Waals surface area contributed by atoms with Crippen molar-refractivity contribution in [3.8, 4) is 0 Å². The average molecular weight is 493 g/mol. The number of rotatable bonds is 10. The van der Waals surface area contributed by atoms with Crippen LogP contribution in [0, 0.1) is 0 Å². The number of aldehydes is 1. The van der Waals surface area contributed by atoms with Crippen LogP contribution in [-0.4, -0.2) is 25.1 Å². The van der Waals surface area contributed by atoms with Gasteiger partial charge in [0.2, 0.25) is 0 Å². The molecule has 0 unspecified atom stereocenters. The minimum absolute atomic E-state index is 0.0936. The molecule has 0 aromatic heterocycles. The highest BCUT2D eigenvalue weighted by molar-refractivity contribution is 5.50. The Morgan fingerprint density at radius 2 is 1.14 bits per heavy atom. The Morgan fingerprint density at radius 3 is 1.62 bits per heavy atom. The first-order chi connectivity index (χ1) is 18.3. The summed E-state index contributed by atoms with van der Waals surface area (Å²) in [5, 5.41) is 0. The van der Waals surface area contributed by atoms with E-state index in [4.69, 9.17) is 14.2 Å². The maximum absolute atomic E-state index is 11.3. The summed E-state index contributed by atoms with van der Waals surface area (Å²) in [5.41, 5.74) is 3.40. The Balaban J connectivity index is 1.42. The fourth-order valence-electron chi connectivity index (χ4n) is 5.11. The minimum atomic E-state index is -0.768. The lowest BCUT2D eigenvalue weighted by atomic mass is 9.80. The lowest BCUT2D eigenvalue weighted by Gasteiger charge is -2.38. The van der Waals surface area contributed by atoms with Crippen molar-refractivity contribution in [1.82, 2.24) is 0 Å². The van der Waals surface area contributed by atoms with Gasteiger partial charge in [-0.2, -0.15) is 0 Å². The molecule has 1 fully saturated rings. The normalized spacial score (nSPS) is 19.8. The van der Waals surface area contributed by atoms with Crippen LogP contribution in [0.15, 0.2) is 121 Å². The third-order valence-corrected chi connectivity index (χ3v) is 6.89. The fraction of sp³-hybridized carbons (Fsp3) is 0.242. The van der Waals surface area contributed by atoms with Crippen LogP contribution in [0.4, 0.5) is 0 Å². The molecule has 188 valence electrons. The number of carbonyl (C=O) groups excluding carboxylic acids is 1. The molecule has 0 bridgehead atoms. The molecule has 4 aromatic rings. The zero-order chi connectivity index (χ0) is 25.3. The van der Waals surface area contributed by atoms with Crippen LogP contribution in [-0.2, 0) is 24.6 Å². The monoisotopic (exact) mass is 492 g/mol. The first kappa shape index (κ1) is 25.1. The second kappa shape index (κ2) is 12.1. The molecule has 37 heavy (non-hydrogen) atoms. The molecule has 1 aliphatic rings. The van der Waals surface area contributed by atoms with Gasteiger partial charge in [0.05, 0.1) is 18.8 Å². The summed E-state index contributed by atoms with van der Waals surface area (Å²) in [6.45, 7) is 0.471. The second-order valence-corrected chi connectivity index (χ2v) is 9.31. The van der Waals surface area contributed by atoms with Crippen LogP contribution >= 0.6 is 0 Å². The van der Waals surface area contributed by atoms with E-state index in [1.807, 2.05) is 48.5 Å². The molecule has 1 heterocycles. The average Bonchev–Trinajstić information content (AvgIpc) is 2.97. The van der Waals surface area contributed by atoms with Crippen molar-refractivity contribution in [2.75, 3.05) is 6.61 Å². The van der Waals surface area contributed by atoms with Crippen LogP contribution in [0.25, 0.3) is 0 Å². The van der Waals surface area contributed by atoms with Gasteiger partial charge in [0.15, 0.2) is 6.29 Å². The molecule has 0 aliphatic carbocycles. The van der Waals surface area contributed by atoms with E-state index in [1.165, 1.54) is 0 Å². The first-order valence-electron chi connectivity index (χ1n) is 12.9. The molecule has 3 atom stereocenters. The summed E-state index contributed by atoms with van der Waals surface area (Å²) in [6, 6.07) is 41.0. The predicted molar refractivity (Wildman–Crippen MR) is 144 cm³/mol. The van der Waals surface area contributed by atoms with Crippen molar-refractivity contribution >= 4 is 6.29 Å². The van der Waals surface area contributed by atoms with Crippen molar-refractivity contribution in [1.29, 1.82) is 0 Å². The first-order valence-corrected chi connectivity index (χ1v) is 12.9. The summed E-state index contributed by atoms with van der Waals surface area (Å²) in [6.07, 6.45) is 1.85. The van der Waals surface area contributed by atoms with E-state index in [0.29, 0.717) is 25.9 Å². The smallest absolute Gasteiger partial charge is 0.184 e.